The van der Waals surface area contributed by atoms with E-state index in [-0.39, 0.29) is 12.4 Å². The molecule has 1 N–H and O–H groups in total. The van der Waals surface area contributed by atoms with Gasteiger partial charge in [-0.15, -0.1) is 0 Å². The Hall–Kier alpha value is -3.35. The van der Waals surface area contributed by atoms with E-state index in [9.17, 15) is 14.4 Å². The molecule has 27 heavy (non-hydrogen) atoms. The minimum atomic E-state index is -1.03. The van der Waals surface area contributed by atoms with Crippen LogP contribution in [0.1, 0.15) is 24.2 Å². The third-order valence-corrected chi connectivity index (χ3v) is 3.63. The van der Waals surface area contributed by atoms with Gasteiger partial charge in [0.2, 0.25) is 0 Å². The minimum Gasteiger partial charge on any atom is -0.493 e. The number of nitrogens with one attached hydrogen (secondary N) is 1. The van der Waals surface area contributed by atoms with Crippen LogP contribution in [-0.4, -0.2) is 37.5 Å². The van der Waals surface area contributed by atoms with Crippen molar-refractivity contribution < 1.29 is 28.6 Å². The van der Waals surface area contributed by atoms with Crippen LogP contribution in [0, 0.1) is 0 Å². The number of rotatable bonds is 8. The van der Waals surface area contributed by atoms with E-state index >= 15 is 0 Å². The van der Waals surface area contributed by atoms with Gasteiger partial charge in [-0.05, 0) is 38.1 Å². The molecule has 7 nitrogen and oxygen atoms in total. The molecule has 0 aliphatic carbocycles. The van der Waals surface area contributed by atoms with Crippen LogP contribution < -0.4 is 14.8 Å². The summed E-state index contributed by atoms with van der Waals surface area (Å²) in [5.74, 6) is -0.432. The van der Waals surface area contributed by atoms with E-state index in [1.54, 1.807) is 48.5 Å². The predicted octanol–water partition coefficient (Wildman–Crippen LogP) is 2.85. The lowest BCUT2D eigenvalue weighted by molar-refractivity contribution is -0.155. The molecule has 1 atom stereocenters. The summed E-state index contributed by atoms with van der Waals surface area (Å²) in [4.78, 5) is 35.5. The molecule has 2 rings (SSSR count). The molecule has 0 heterocycles. The molecule has 0 bridgehead atoms. The van der Waals surface area contributed by atoms with Gasteiger partial charge in [-0.25, -0.2) is 4.79 Å². The van der Waals surface area contributed by atoms with E-state index in [1.807, 2.05) is 0 Å². The third kappa shape index (κ3) is 5.85. The van der Waals surface area contributed by atoms with Crippen LogP contribution in [0.4, 0.5) is 5.69 Å². The first-order chi connectivity index (χ1) is 12.9. The monoisotopic (exact) mass is 371 g/mol. The lowest BCUT2D eigenvalue weighted by Crippen LogP contribution is -2.31. The van der Waals surface area contributed by atoms with Gasteiger partial charge >= 0.3 is 5.97 Å². The number of hydrogen-bond acceptors (Lipinski definition) is 6. The van der Waals surface area contributed by atoms with Crippen molar-refractivity contribution in [2.24, 2.45) is 0 Å². The first kappa shape index (κ1) is 20.0. The molecule has 0 fully saturated rings. The van der Waals surface area contributed by atoms with Crippen LogP contribution >= 0.6 is 0 Å². The number of methoxy groups -OCH3 is 1. The lowest BCUT2D eigenvalue weighted by atomic mass is 10.1. The van der Waals surface area contributed by atoms with Crippen molar-refractivity contribution in [1.82, 2.24) is 0 Å². The van der Waals surface area contributed by atoms with E-state index in [0.29, 0.717) is 22.7 Å². The molecule has 0 aliphatic rings. The van der Waals surface area contributed by atoms with Crippen molar-refractivity contribution in [2.45, 2.75) is 20.0 Å². The van der Waals surface area contributed by atoms with Crippen molar-refractivity contribution in [1.29, 1.82) is 0 Å². The molecule has 0 unspecified atom stereocenters. The molecular formula is C20H21NO6. The zero-order valence-corrected chi connectivity index (χ0v) is 15.4. The number of esters is 1. The fourth-order valence-electron chi connectivity index (χ4n) is 2.22. The highest BCUT2D eigenvalue weighted by Gasteiger charge is 2.19. The van der Waals surface area contributed by atoms with Gasteiger partial charge in [-0.2, -0.15) is 0 Å². The number of anilines is 1. The highest BCUT2D eigenvalue weighted by Crippen LogP contribution is 2.25. The van der Waals surface area contributed by atoms with Crippen LogP contribution in [0.3, 0.4) is 0 Å². The van der Waals surface area contributed by atoms with Crippen molar-refractivity contribution in [3.8, 4) is 11.5 Å². The average Bonchev–Trinajstić information content (AvgIpc) is 2.66. The maximum Gasteiger partial charge on any atom is 0.344 e. The van der Waals surface area contributed by atoms with E-state index in [1.165, 1.54) is 21.0 Å². The number of amides is 1. The first-order valence-electron chi connectivity index (χ1n) is 8.28. The van der Waals surface area contributed by atoms with Crippen LogP contribution in [-0.2, 0) is 14.3 Å². The van der Waals surface area contributed by atoms with Gasteiger partial charge in [0.1, 0.15) is 0 Å². The maximum atomic E-state index is 12.2. The quantitative estimate of drug-likeness (QED) is 0.567. The molecule has 0 aromatic heterocycles. The van der Waals surface area contributed by atoms with Crippen molar-refractivity contribution >= 4 is 23.3 Å². The summed E-state index contributed by atoms with van der Waals surface area (Å²) in [6.45, 7) is 2.52. The highest BCUT2D eigenvalue weighted by atomic mass is 16.6. The molecule has 1 amide bonds. The van der Waals surface area contributed by atoms with Crippen LogP contribution in [0.5, 0.6) is 11.5 Å². The molecule has 0 aliphatic heterocycles. The normalized spacial score (nSPS) is 11.2. The smallest absolute Gasteiger partial charge is 0.344 e. The van der Waals surface area contributed by atoms with Crippen molar-refractivity contribution in [3.63, 3.8) is 0 Å². The molecule has 142 valence electrons. The van der Waals surface area contributed by atoms with Gasteiger partial charge in [0, 0.05) is 11.3 Å². The second-order valence-electron chi connectivity index (χ2n) is 5.70. The summed E-state index contributed by atoms with van der Waals surface area (Å²) >= 11 is 0. The van der Waals surface area contributed by atoms with Crippen molar-refractivity contribution in [3.05, 3.63) is 54.1 Å². The lowest BCUT2D eigenvalue weighted by Gasteiger charge is -2.15. The topological polar surface area (TPSA) is 90.9 Å². The number of carbonyl (C=O) groups excluding carboxylic acids is 3. The molecule has 2 aromatic carbocycles. The Labute approximate surface area is 157 Å². The van der Waals surface area contributed by atoms with Crippen LogP contribution in [0.25, 0.3) is 0 Å². The highest BCUT2D eigenvalue weighted by molar-refractivity contribution is 5.98. The van der Waals surface area contributed by atoms with E-state index in [0.717, 1.165) is 0 Å². The summed E-state index contributed by atoms with van der Waals surface area (Å²) in [6.07, 6.45) is -1.03. The zero-order valence-electron chi connectivity index (χ0n) is 15.4. The Morgan fingerprint density at radius 3 is 2.41 bits per heavy atom. The Morgan fingerprint density at radius 2 is 1.74 bits per heavy atom. The molecule has 0 saturated heterocycles. The molecule has 0 saturated carbocycles. The van der Waals surface area contributed by atoms with E-state index in [4.69, 9.17) is 14.2 Å². The first-order valence-corrected chi connectivity index (χ1v) is 8.28. The largest absolute Gasteiger partial charge is 0.493 e. The third-order valence-electron chi connectivity index (χ3n) is 3.63. The van der Waals surface area contributed by atoms with Gasteiger partial charge in [0.15, 0.2) is 30.0 Å². The standard InChI is InChI=1S/C20H21NO6/c1-13(22)15-7-6-8-16(11-15)21-20(24)14(2)27-19(23)12-26-18-10-5-4-9-17(18)25-3/h4-11,14H,12H2,1-3H3,(H,21,24)/t14-/m1/s1. The van der Waals surface area contributed by atoms with Gasteiger partial charge in [-0.3, -0.25) is 9.59 Å². The summed E-state index contributed by atoms with van der Waals surface area (Å²) in [5, 5.41) is 2.61. The SMILES string of the molecule is COc1ccccc1OCC(=O)O[C@H](C)C(=O)Nc1cccc(C(C)=O)c1. The van der Waals surface area contributed by atoms with Gasteiger partial charge in [0.05, 0.1) is 7.11 Å². The average molecular weight is 371 g/mol. The molecule has 7 heteroatoms. The summed E-state index contributed by atoms with van der Waals surface area (Å²) < 4.78 is 15.6. The number of Topliss-reactive ketones (excluding diaryl/α,β-unsaturated/α-hetero) is 1. The van der Waals surface area contributed by atoms with E-state index < -0.39 is 18.0 Å². The van der Waals surface area contributed by atoms with Crippen LogP contribution in [0.2, 0.25) is 0 Å². The summed E-state index contributed by atoms with van der Waals surface area (Å²) in [5.41, 5.74) is 0.920. The number of para-hydroxylation sites is 2. The van der Waals surface area contributed by atoms with Crippen LogP contribution in [0.15, 0.2) is 48.5 Å². The van der Waals surface area contributed by atoms with Crippen molar-refractivity contribution in [2.75, 3.05) is 19.0 Å². The van der Waals surface area contributed by atoms with Gasteiger partial charge < -0.3 is 19.5 Å². The second kappa shape index (κ2) is 9.38. The summed E-state index contributed by atoms with van der Waals surface area (Å²) in [6, 6.07) is 13.4. The Balaban J connectivity index is 1.87. The number of hydrogen-bond donors (Lipinski definition) is 1. The number of benzene rings is 2. The second-order valence-corrected chi connectivity index (χ2v) is 5.70. The number of ketones is 1. The maximum absolute atomic E-state index is 12.2. The number of ether oxygens (including phenoxy) is 3. The Morgan fingerprint density at radius 1 is 1.04 bits per heavy atom. The molecular weight excluding hydrogens is 350 g/mol. The number of carbonyl (C=O) groups is 3. The minimum absolute atomic E-state index is 0.112. The fourth-order valence-corrected chi connectivity index (χ4v) is 2.22. The molecule has 0 radical (unpaired) electrons. The summed E-state index contributed by atoms with van der Waals surface area (Å²) in [7, 11) is 1.49. The zero-order chi connectivity index (χ0) is 19.8. The fraction of sp³-hybridized carbons (Fsp3) is 0.250. The molecule has 2 aromatic rings. The Bertz CT molecular complexity index is 833. The predicted molar refractivity (Wildman–Crippen MR) is 99.1 cm³/mol. The Kier molecular flexibility index (Phi) is 6.93. The molecule has 0 spiro atoms. The van der Waals surface area contributed by atoms with E-state index in [2.05, 4.69) is 5.32 Å². The van der Waals surface area contributed by atoms with Gasteiger partial charge in [0.25, 0.3) is 5.91 Å². The van der Waals surface area contributed by atoms with Gasteiger partial charge in [-0.1, -0.05) is 24.3 Å².